The van der Waals surface area contributed by atoms with Crippen molar-refractivity contribution in [2.75, 3.05) is 26.8 Å². The van der Waals surface area contributed by atoms with Crippen molar-refractivity contribution in [3.8, 4) is 5.75 Å². The van der Waals surface area contributed by atoms with Gasteiger partial charge in [-0.1, -0.05) is 18.9 Å². The molecule has 0 N–H and O–H groups in total. The predicted octanol–water partition coefficient (Wildman–Crippen LogP) is 2.33. The van der Waals surface area contributed by atoms with E-state index in [9.17, 15) is 22.8 Å². The molecule has 2 heterocycles. The van der Waals surface area contributed by atoms with Crippen molar-refractivity contribution in [2.24, 2.45) is 17.8 Å². The summed E-state index contributed by atoms with van der Waals surface area (Å²) in [4.78, 5) is 39.0. The maximum atomic E-state index is 13.5. The molecular formula is C24H32N2O7S. The van der Waals surface area contributed by atoms with E-state index in [0.29, 0.717) is 25.0 Å². The summed E-state index contributed by atoms with van der Waals surface area (Å²) in [6.07, 6.45) is 4.14. The number of nitrogens with zero attached hydrogens (tertiary/aromatic N) is 2. The third-order valence-electron chi connectivity index (χ3n) is 7.19. The van der Waals surface area contributed by atoms with Crippen molar-refractivity contribution in [2.45, 2.75) is 56.9 Å². The number of carbonyl (C=O) groups is 3. The highest BCUT2D eigenvalue weighted by molar-refractivity contribution is 7.89. The third kappa shape index (κ3) is 4.57. The van der Waals surface area contributed by atoms with Gasteiger partial charge in [0.15, 0.2) is 0 Å². The largest absolute Gasteiger partial charge is 0.495 e. The maximum Gasteiger partial charge on any atom is 0.309 e. The first-order valence-electron chi connectivity index (χ1n) is 12.0. The number of piperidine rings is 1. The highest BCUT2D eigenvalue weighted by Gasteiger charge is 2.48. The van der Waals surface area contributed by atoms with Crippen molar-refractivity contribution < 1.29 is 32.3 Å². The van der Waals surface area contributed by atoms with Gasteiger partial charge in [-0.2, -0.15) is 4.31 Å². The highest BCUT2D eigenvalue weighted by Crippen LogP contribution is 2.39. The zero-order valence-corrected chi connectivity index (χ0v) is 20.5. The number of amides is 2. The van der Waals surface area contributed by atoms with Crippen molar-refractivity contribution in [3.05, 3.63) is 23.8 Å². The van der Waals surface area contributed by atoms with Crippen LogP contribution in [-0.2, 0) is 35.7 Å². The molecule has 0 aromatic heterocycles. The van der Waals surface area contributed by atoms with Crippen LogP contribution in [0.2, 0.25) is 0 Å². The molecule has 2 atom stereocenters. The quantitative estimate of drug-likeness (QED) is 0.424. The van der Waals surface area contributed by atoms with E-state index in [2.05, 4.69) is 0 Å². The van der Waals surface area contributed by atoms with Crippen LogP contribution in [0.3, 0.4) is 0 Å². The van der Waals surface area contributed by atoms with Gasteiger partial charge in [-0.05, 0) is 50.3 Å². The molecule has 3 fully saturated rings. The molecule has 0 unspecified atom stereocenters. The van der Waals surface area contributed by atoms with Gasteiger partial charge in [-0.3, -0.25) is 19.3 Å². The number of benzene rings is 1. The molecular weight excluding hydrogens is 460 g/mol. The number of hydrogen-bond donors (Lipinski definition) is 0. The number of fused-ring (bicyclic) bond motifs is 1. The predicted molar refractivity (Wildman–Crippen MR) is 122 cm³/mol. The Morgan fingerprint density at radius 2 is 1.65 bits per heavy atom. The Balaban J connectivity index is 1.53. The van der Waals surface area contributed by atoms with Gasteiger partial charge in [0.25, 0.3) is 0 Å². The van der Waals surface area contributed by atoms with Crippen molar-refractivity contribution in [1.82, 2.24) is 9.21 Å². The number of sulfonamides is 1. The molecule has 1 aromatic rings. The van der Waals surface area contributed by atoms with E-state index in [1.54, 1.807) is 19.1 Å². The molecule has 186 valence electrons. The average molecular weight is 493 g/mol. The molecule has 0 bridgehead atoms. The van der Waals surface area contributed by atoms with Gasteiger partial charge in [-0.25, -0.2) is 8.42 Å². The normalized spacial score (nSPS) is 24.2. The standard InChI is InChI=1S/C24H32N2O7S/c1-3-33-24(29)17-10-12-25(13-11-17)34(30,31)21-14-16(8-9-20(21)32-2)15-26-22(27)18-6-4-5-7-19(18)23(26)28/h8-9,14,17-19H,3-7,10-13,15H2,1-2H3/t18-,19+. The Bertz CT molecular complexity index is 1040. The van der Waals surface area contributed by atoms with E-state index in [1.165, 1.54) is 22.4 Å². The van der Waals surface area contributed by atoms with Crippen molar-refractivity contribution in [1.29, 1.82) is 0 Å². The second kappa shape index (κ2) is 10.0. The highest BCUT2D eigenvalue weighted by atomic mass is 32.2. The van der Waals surface area contributed by atoms with Gasteiger partial charge in [-0.15, -0.1) is 0 Å². The van der Waals surface area contributed by atoms with Crippen LogP contribution in [0.15, 0.2) is 23.1 Å². The lowest BCUT2D eigenvalue weighted by molar-refractivity contribution is -0.149. The Morgan fingerprint density at radius 1 is 1.03 bits per heavy atom. The monoisotopic (exact) mass is 492 g/mol. The summed E-state index contributed by atoms with van der Waals surface area (Å²) in [5, 5.41) is 0. The van der Waals surface area contributed by atoms with Crippen LogP contribution in [0.4, 0.5) is 0 Å². The summed E-state index contributed by atoms with van der Waals surface area (Å²) in [7, 11) is -2.50. The van der Waals surface area contributed by atoms with Gasteiger partial charge < -0.3 is 9.47 Å². The van der Waals surface area contributed by atoms with Crippen LogP contribution in [0.1, 0.15) is 51.0 Å². The number of rotatable bonds is 7. The fourth-order valence-electron chi connectivity index (χ4n) is 5.32. The van der Waals surface area contributed by atoms with Crippen LogP contribution in [0.5, 0.6) is 5.75 Å². The molecule has 3 aliphatic rings. The second-order valence-electron chi connectivity index (χ2n) is 9.18. The molecule has 0 radical (unpaired) electrons. The van der Waals surface area contributed by atoms with Gasteiger partial charge in [0.05, 0.1) is 38.0 Å². The molecule has 1 aromatic carbocycles. The van der Waals surface area contributed by atoms with Crippen LogP contribution in [0, 0.1) is 17.8 Å². The minimum atomic E-state index is -3.90. The van der Waals surface area contributed by atoms with Crippen molar-refractivity contribution >= 4 is 27.8 Å². The summed E-state index contributed by atoms with van der Waals surface area (Å²) in [5.41, 5.74) is 0.557. The molecule has 34 heavy (non-hydrogen) atoms. The van der Waals surface area contributed by atoms with Crippen LogP contribution in [0.25, 0.3) is 0 Å². The first kappa shape index (κ1) is 24.7. The number of likely N-dealkylation sites (tertiary alicyclic amines) is 1. The Morgan fingerprint density at radius 3 is 2.21 bits per heavy atom. The molecule has 9 nitrogen and oxygen atoms in total. The molecule has 2 aliphatic heterocycles. The molecule has 1 aliphatic carbocycles. The lowest BCUT2D eigenvalue weighted by atomic mass is 9.81. The Kier molecular flexibility index (Phi) is 7.28. The van der Waals surface area contributed by atoms with Crippen molar-refractivity contribution in [3.63, 3.8) is 0 Å². The minimum Gasteiger partial charge on any atom is -0.495 e. The summed E-state index contributed by atoms with van der Waals surface area (Å²) < 4.78 is 38.7. The summed E-state index contributed by atoms with van der Waals surface area (Å²) in [6, 6.07) is 4.74. The lowest BCUT2D eigenvalue weighted by Gasteiger charge is -2.30. The van der Waals surface area contributed by atoms with Gasteiger partial charge in [0.2, 0.25) is 21.8 Å². The zero-order valence-electron chi connectivity index (χ0n) is 19.7. The molecule has 4 rings (SSSR count). The Labute approximate surface area is 200 Å². The number of esters is 1. The van der Waals surface area contributed by atoms with E-state index in [4.69, 9.17) is 9.47 Å². The number of hydrogen-bond acceptors (Lipinski definition) is 7. The van der Waals surface area contributed by atoms with Crippen LogP contribution >= 0.6 is 0 Å². The molecule has 1 saturated carbocycles. The lowest BCUT2D eigenvalue weighted by Crippen LogP contribution is -2.40. The summed E-state index contributed by atoms with van der Waals surface area (Å²) >= 11 is 0. The molecule has 2 saturated heterocycles. The number of carbonyl (C=O) groups excluding carboxylic acids is 3. The molecule has 0 spiro atoms. The minimum absolute atomic E-state index is 0.00130. The number of methoxy groups -OCH3 is 1. The number of ether oxygens (including phenoxy) is 2. The smallest absolute Gasteiger partial charge is 0.309 e. The average Bonchev–Trinajstić information content (AvgIpc) is 3.09. The van der Waals surface area contributed by atoms with Crippen LogP contribution in [-0.4, -0.2) is 62.2 Å². The van der Waals surface area contributed by atoms with E-state index in [0.717, 1.165) is 25.7 Å². The van der Waals surface area contributed by atoms with E-state index in [-0.39, 0.29) is 65.8 Å². The van der Waals surface area contributed by atoms with Gasteiger partial charge in [0, 0.05) is 13.1 Å². The van der Waals surface area contributed by atoms with Gasteiger partial charge in [0.1, 0.15) is 10.6 Å². The van der Waals surface area contributed by atoms with E-state index < -0.39 is 10.0 Å². The first-order chi connectivity index (χ1) is 16.3. The SMILES string of the molecule is CCOC(=O)C1CCN(S(=O)(=O)c2cc(CN3C(=O)[C@H]4CCCC[C@H]4C3=O)ccc2OC)CC1. The van der Waals surface area contributed by atoms with E-state index in [1.807, 2.05) is 0 Å². The fraction of sp³-hybridized carbons (Fsp3) is 0.625. The van der Waals surface area contributed by atoms with E-state index >= 15 is 0 Å². The number of imide groups is 1. The second-order valence-corrected chi connectivity index (χ2v) is 11.1. The van der Waals surface area contributed by atoms with Gasteiger partial charge >= 0.3 is 5.97 Å². The topological polar surface area (TPSA) is 110 Å². The fourth-order valence-corrected chi connectivity index (χ4v) is 7.00. The molecule has 2 amide bonds. The molecule has 10 heteroatoms. The van der Waals surface area contributed by atoms with Crippen LogP contribution < -0.4 is 4.74 Å². The maximum absolute atomic E-state index is 13.5. The summed E-state index contributed by atoms with van der Waals surface area (Å²) in [5.74, 6) is -1.21. The zero-order chi connectivity index (χ0) is 24.5. The summed E-state index contributed by atoms with van der Waals surface area (Å²) in [6.45, 7) is 2.48. The third-order valence-corrected chi connectivity index (χ3v) is 9.11. The Hall–Kier alpha value is -2.46. The first-order valence-corrected chi connectivity index (χ1v) is 13.4.